The molecule has 0 fully saturated rings. The van der Waals surface area contributed by atoms with E-state index in [0.29, 0.717) is 23.6 Å². The number of nitrogens with zero attached hydrogens (tertiary/aromatic N) is 2. The van der Waals surface area contributed by atoms with Gasteiger partial charge in [0.05, 0.1) is 22.5 Å². The first-order valence-electron chi connectivity index (χ1n) is 13.0. The number of anilines is 3. The third-order valence-electron chi connectivity index (χ3n) is 5.97. The number of nitrogen functional groups attached to an aromatic ring is 1. The molecule has 0 bridgehead atoms. The minimum Gasteiger partial charge on any atom is -0.444 e. The number of ether oxygens (including phenoxy) is 1. The van der Waals surface area contributed by atoms with E-state index in [4.69, 9.17) is 10.5 Å². The third-order valence-corrected chi connectivity index (χ3v) is 6.99. The zero-order valence-electron chi connectivity index (χ0n) is 23.6. The summed E-state index contributed by atoms with van der Waals surface area (Å²) in [4.78, 5) is 30.7. The van der Waals surface area contributed by atoms with Gasteiger partial charge in [0, 0.05) is 29.4 Å². The van der Waals surface area contributed by atoms with Crippen LogP contribution in [0.2, 0.25) is 0 Å². The molecule has 0 aliphatic heterocycles. The number of nitrogens with two attached hydrogens (primary N) is 1. The van der Waals surface area contributed by atoms with Gasteiger partial charge in [-0.1, -0.05) is 30.0 Å². The Balaban J connectivity index is 1.50. The fourth-order valence-corrected chi connectivity index (χ4v) is 5.04. The first kappa shape index (κ1) is 29.4. The number of hydrogen-bond acceptors (Lipinski definition) is 6. The Hall–Kier alpha value is -4.62. The molecule has 0 saturated carbocycles. The highest BCUT2D eigenvalue weighted by Gasteiger charge is 2.20. The Kier molecular flexibility index (Phi) is 8.79. The molecule has 8 nitrogen and oxygen atoms in total. The van der Waals surface area contributed by atoms with Gasteiger partial charge in [0.25, 0.3) is 0 Å². The summed E-state index contributed by atoms with van der Waals surface area (Å²) >= 11 is 1.50. The van der Waals surface area contributed by atoms with Crippen molar-refractivity contribution in [2.45, 2.75) is 40.2 Å². The third kappa shape index (κ3) is 7.32. The fraction of sp³-hybridized carbons (Fsp3) is 0.258. The van der Waals surface area contributed by atoms with Crippen molar-refractivity contribution in [3.63, 3.8) is 0 Å². The first-order valence-corrected chi connectivity index (χ1v) is 13.9. The predicted octanol–water partition coefficient (Wildman–Crippen LogP) is 7.25. The molecule has 3 amide bonds. The molecule has 0 saturated heterocycles. The van der Waals surface area contributed by atoms with Crippen molar-refractivity contribution in [2.24, 2.45) is 0 Å². The van der Waals surface area contributed by atoms with Gasteiger partial charge >= 0.3 is 12.1 Å². The SMILES string of the molecule is CCN(CC#Cc1cnc(N)c2c(-c3ccc(NC(=O)Nc4cc(C)ccc4F)cc3)csc12)C(=O)OC(C)(C)C. The smallest absolute Gasteiger partial charge is 0.411 e. The van der Waals surface area contributed by atoms with Gasteiger partial charge in [-0.15, -0.1) is 11.3 Å². The number of hydrogen-bond donors (Lipinski definition) is 3. The number of nitrogens with one attached hydrogen (secondary N) is 2. The highest BCUT2D eigenvalue weighted by atomic mass is 32.1. The number of amides is 3. The summed E-state index contributed by atoms with van der Waals surface area (Å²) in [5, 5.41) is 8.03. The van der Waals surface area contributed by atoms with E-state index in [1.807, 2.05) is 52.1 Å². The molecular weight excluding hydrogens is 541 g/mol. The van der Waals surface area contributed by atoms with E-state index < -0.39 is 23.5 Å². The fourth-order valence-electron chi connectivity index (χ4n) is 3.98. The summed E-state index contributed by atoms with van der Waals surface area (Å²) in [6.07, 6.45) is 1.23. The van der Waals surface area contributed by atoms with Crippen LogP contribution in [0.5, 0.6) is 0 Å². The van der Waals surface area contributed by atoms with Crippen molar-refractivity contribution in [1.82, 2.24) is 9.88 Å². The highest BCUT2D eigenvalue weighted by Crippen LogP contribution is 2.38. The van der Waals surface area contributed by atoms with Gasteiger partial charge in [-0.05, 0) is 75.4 Å². The van der Waals surface area contributed by atoms with Crippen LogP contribution in [0.15, 0.2) is 54.0 Å². The number of urea groups is 1. The largest absolute Gasteiger partial charge is 0.444 e. The molecule has 2 aromatic heterocycles. The predicted molar refractivity (Wildman–Crippen MR) is 164 cm³/mol. The minimum atomic E-state index is -0.584. The molecule has 212 valence electrons. The number of carbonyl (C=O) groups excluding carboxylic acids is 2. The molecule has 0 aliphatic rings. The molecule has 0 atom stereocenters. The van der Waals surface area contributed by atoms with Crippen molar-refractivity contribution < 1.29 is 18.7 Å². The summed E-state index contributed by atoms with van der Waals surface area (Å²) in [5.74, 6) is 6.07. The maximum Gasteiger partial charge on any atom is 0.411 e. The van der Waals surface area contributed by atoms with Gasteiger partial charge in [-0.2, -0.15) is 0 Å². The van der Waals surface area contributed by atoms with E-state index in [1.54, 1.807) is 30.5 Å². The summed E-state index contributed by atoms with van der Waals surface area (Å²) < 4.78 is 20.3. The van der Waals surface area contributed by atoms with Crippen molar-refractivity contribution in [1.29, 1.82) is 0 Å². The number of pyridine rings is 1. The second-order valence-corrected chi connectivity index (χ2v) is 11.2. The number of rotatable bonds is 5. The summed E-state index contributed by atoms with van der Waals surface area (Å²) in [7, 11) is 0. The lowest BCUT2D eigenvalue weighted by molar-refractivity contribution is 0.0285. The van der Waals surface area contributed by atoms with Crippen LogP contribution < -0.4 is 16.4 Å². The molecular formula is C31H32FN5O3S. The molecule has 0 radical (unpaired) electrons. The average molecular weight is 574 g/mol. The van der Waals surface area contributed by atoms with E-state index in [1.165, 1.54) is 22.3 Å². The van der Waals surface area contributed by atoms with Crippen LogP contribution in [0.25, 0.3) is 21.2 Å². The lowest BCUT2D eigenvalue weighted by Crippen LogP contribution is -2.36. The van der Waals surface area contributed by atoms with E-state index in [9.17, 15) is 14.0 Å². The Morgan fingerprint density at radius 1 is 1.15 bits per heavy atom. The van der Waals surface area contributed by atoms with E-state index >= 15 is 0 Å². The first-order chi connectivity index (χ1) is 19.4. The van der Waals surface area contributed by atoms with Crippen molar-refractivity contribution in [3.05, 3.63) is 71.0 Å². The monoisotopic (exact) mass is 573 g/mol. The standard InChI is InChI=1S/C31H32FN5O3S/c1-6-37(30(39)40-31(3,4)5)15-7-8-21-17-34-28(33)26-23(18-41-27(21)26)20-10-12-22(13-11-20)35-29(38)36-25-16-19(2)9-14-24(25)32/h9-14,16-18H,6,15H2,1-5H3,(H2,33,34)(H2,35,36,38). The molecule has 4 N–H and O–H groups in total. The molecule has 2 aromatic carbocycles. The zero-order chi connectivity index (χ0) is 29.7. The number of fused-ring (bicyclic) bond motifs is 1. The van der Waals surface area contributed by atoms with E-state index in [-0.39, 0.29) is 12.2 Å². The number of aromatic nitrogens is 1. The Morgan fingerprint density at radius 3 is 2.56 bits per heavy atom. The van der Waals surface area contributed by atoms with Crippen molar-refractivity contribution >= 4 is 50.7 Å². The molecule has 0 spiro atoms. The summed E-state index contributed by atoms with van der Waals surface area (Å²) in [5.41, 5.74) is 9.67. The molecule has 4 rings (SSSR count). The van der Waals surface area contributed by atoms with Crippen LogP contribution >= 0.6 is 11.3 Å². The van der Waals surface area contributed by atoms with Crippen LogP contribution in [0.4, 0.5) is 31.2 Å². The van der Waals surface area contributed by atoms with E-state index in [2.05, 4.69) is 27.5 Å². The quantitative estimate of drug-likeness (QED) is 0.218. The van der Waals surface area contributed by atoms with E-state index in [0.717, 1.165) is 26.8 Å². The van der Waals surface area contributed by atoms with Gasteiger partial charge in [-0.25, -0.2) is 19.0 Å². The molecule has 10 heteroatoms. The second-order valence-electron chi connectivity index (χ2n) is 10.3. The van der Waals surface area contributed by atoms with Gasteiger partial charge in [0.1, 0.15) is 17.2 Å². The number of thiophene rings is 1. The molecule has 0 unspecified atom stereocenters. The van der Waals surface area contributed by atoms with Crippen LogP contribution in [0.3, 0.4) is 0 Å². The second kappa shape index (κ2) is 12.3. The van der Waals surface area contributed by atoms with Crippen molar-refractivity contribution in [2.75, 3.05) is 29.5 Å². The van der Waals surface area contributed by atoms with Crippen LogP contribution in [0.1, 0.15) is 38.8 Å². The minimum absolute atomic E-state index is 0.109. The van der Waals surface area contributed by atoms with Gasteiger partial charge in [0.2, 0.25) is 0 Å². The van der Waals surface area contributed by atoms with Crippen LogP contribution in [0, 0.1) is 24.6 Å². The maximum absolute atomic E-state index is 14.0. The van der Waals surface area contributed by atoms with Gasteiger partial charge in [0.15, 0.2) is 0 Å². The maximum atomic E-state index is 14.0. The lowest BCUT2D eigenvalue weighted by atomic mass is 10.0. The Bertz CT molecular complexity index is 1650. The van der Waals surface area contributed by atoms with Crippen molar-refractivity contribution in [3.8, 4) is 23.0 Å². The Labute approximate surface area is 242 Å². The topological polar surface area (TPSA) is 110 Å². The number of halogens is 1. The molecule has 0 aliphatic carbocycles. The van der Waals surface area contributed by atoms with Gasteiger partial charge in [-0.3, -0.25) is 4.90 Å². The number of benzene rings is 2. The molecule has 41 heavy (non-hydrogen) atoms. The number of carbonyl (C=O) groups is 2. The lowest BCUT2D eigenvalue weighted by Gasteiger charge is -2.25. The number of aryl methyl sites for hydroxylation is 1. The summed E-state index contributed by atoms with van der Waals surface area (Å²) in [6, 6.07) is 11.2. The van der Waals surface area contributed by atoms with Crippen LogP contribution in [-0.4, -0.2) is 40.7 Å². The van der Waals surface area contributed by atoms with Crippen LogP contribution in [-0.2, 0) is 4.74 Å². The Morgan fingerprint density at radius 2 is 1.88 bits per heavy atom. The normalized spacial score (nSPS) is 11.0. The highest BCUT2D eigenvalue weighted by molar-refractivity contribution is 7.18. The summed E-state index contributed by atoms with van der Waals surface area (Å²) in [6.45, 7) is 9.85. The van der Waals surface area contributed by atoms with Gasteiger partial charge < -0.3 is 21.1 Å². The average Bonchev–Trinajstić information content (AvgIpc) is 3.36. The molecule has 4 aromatic rings. The molecule has 2 heterocycles. The zero-order valence-corrected chi connectivity index (χ0v) is 24.4.